The molecule has 56 heavy (non-hydrogen) atoms. The number of hydrogen-bond donors (Lipinski definition) is 0. The van der Waals surface area contributed by atoms with E-state index >= 15 is 0 Å². The number of fused-ring (bicyclic) bond motifs is 4. The topological polar surface area (TPSA) is 25.8 Å². The zero-order valence-corrected chi connectivity index (χ0v) is 36.3. The monoisotopic (exact) mass is 855 g/mol. The first kappa shape index (κ1) is 35.7. The van der Waals surface area contributed by atoms with Crippen molar-refractivity contribution in [3.63, 3.8) is 0 Å². The molecule has 0 radical (unpaired) electrons. The van der Waals surface area contributed by atoms with Crippen molar-refractivity contribution in [3.05, 3.63) is 203 Å². The van der Waals surface area contributed by atoms with Crippen LogP contribution in [0.3, 0.4) is 0 Å². The zero-order chi connectivity index (χ0) is 38.0. The van der Waals surface area contributed by atoms with Gasteiger partial charge in [-0.25, -0.2) is 0 Å². The average molecular weight is 858 g/mol. The van der Waals surface area contributed by atoms with Gasteiger partial charge in [0.2, 0.25) is 0 Å². The number of allylic oxidation sites excluding steroid dienone is 2. The number of pyridine rings is 2. The van der Waals surface area contributed by atoms with Crippen molar-refractivity contribution in [2.45, 2.75) is 20.3 Å². The van der Waals surface area contributed by atoms with Crippen LogP contribution in [-0.4, -0.2) is 15.9 Å². The van der Waals surface area contributed by atoms with Gasteiger partial charge in [-0.05, 0) is 0 Å². The van der Waals surface area contributed by atoms with Gasteiger partial charge in [-0.2, -0.15) is 0 Å². The third-order valence-corrected chi connectivity index (χ3v) is 63.9. The molecular weight excluding hydrogens is 819 g/mol. The Hall–Kier alpha value is -4.70. The zero-order valence-electron chi connectivity index (χ0n) is 31.2. The van der Waals surface area contributed by atoms with Gasteiger partial charge in [0.25, 0.3) is 0 Å². The summed E-state index contributed by atoms with van der Waals surface area (Å²) < 4.78 is -0.282. The van der Waals surface area contributed by atoms with E-state index in [0.717, 1.165) is 44.1 Å². The Morgan fingerprint density at radius 2 is 0.893 bits per heavy atom. The van der Waals surface area contributed by atoms with Gasteiger partial charge < -0.3 is 0 Å². The SMILES string of the molecule is C[SiH](C)[Zr]([Cl])([Cl])([CH]1C(c2ccccc2)=Cc2ccc(-c3cccc4cccnc34)cc21)[CH]1C(c2ccccc2)=Cc2ccc(-c3cccc4cccnc34)cc21. The van der Waals surface area contributed by atoms with Crippen molar-refractivity contribution in [2.75, 3.05) is 0 Å². The quantitative estimate of drug-likeness (QED) is 0.149. The first-order valence-corrected chi connectivity index (χ1v) is 35.7. The third-order valence-electron chi connectivity index (χ3n) is 12.3. The summed E-state index contributed by atoms with van der Waals surface area (Å²) in [6.45, 7) is 4.84. The first-order chi connectivity index (χ1) is 27.3. The number of benzene rings is 6. The Morgan fingerprint density at radius 1 is 0.464 bits per heavy atom. The Bertz CT molecular complexity index is 2700. The van der Waals surface area contributed by atoms with Crippen molar-refractivity contribution in [1.29, 1.82) is 0 Å². The van der Waals surface area contributed by atoms with Crippen LogP contribution in [0.4, 0.5) is 0 Å². The molecule has 2 aliphatic rings. The average Bonchev–Trinajstić information content (AvgIpc) is 3.84. The Balaban J connectivity index is 1.24. The van der Waals surface area contributed by atoms with Gasteiger partial charge in [-0.3, -0.25) is 0 Å². The summed E-state index contributed by atoms with van der Waals surface area (Å²) in [6.07, 6.45) is 8.53. The van der Waals surface area contributed by atoms with Crippen LogP contribution in [0.1, 0.15) is 40.6 Å². The van der Waals surface area contributed by atoms with Gasteiger partial charge in [0.15, 0.2) is 0 Å². The normalized spacial score (nSPS) is 17.0. The first-order valence-electron chi connectivity index (χ1n) is 19.4. The molecule has 0 saturated heterocycles. The predicted molar refractivity (Wildman–Crippen MR) is 239 cm³/mol. The molecule has 6 aromatic carbocycles. The molecule has 6 heteroatoms. The minimum atomic E-state index is -5.29. The summed E-state index contributed by atoms with van der Waals surface area (Å²) in [4.78, 5) is 9.70. The van der Waals surface area contributed by atoms with Crippen molar-refractivity contribution in [3.8, 4) is 22.3 Å². The van der Waals surface area contributed by atoms with Crippen LogP contribution in [0.5, 0.6) is 0 Å². The molecule has 2 aliphatic carbocycles. The number of aromatic nitrogens is 2. The molecular formula is C50H39Cl2N2SiZr. The van der Waals surface area contributed by atoms with E-state index in [4.69, 9.17) is 27.0 Å². The van der Waals surface area contributed by atoms with Crippen LogP contribution < -0.4 is 0 Å². The van der Waals surface area contributed by atoms with E-state index in [0.29, 0.717) is 0 Å². The van der Waals surface area contributed by atoms with Crippen LogP contribution >= 0.6 is 17.0 Å². The van der Waals surface area contributed by atoms with E-state index in [1.165, 1.54) is 44.5 Å². The maximum atomic E-state index is 9.00. The second-order valence-electron chi connectivity index (χ2n) is 15.6. The summed E-state index contributed by atoms with van der Waals surface area (Å²) in [6, 6.07) is 56.6. The second kappa shape index (κ2) is 13.7. The van der Waals surface area contributed by atoms with Gasteiger partial charge in [0, 0.05) is 0 Å². The van der Waals surface area contributed by atoms with Crippen molar-refractivity contribution in [1.82, 2.24) is 9.97 Å². The van der Waals surface area contributed by atoms with Crippen molar-refractivity contribution in [2.24, 2.45) is 0 Å². The Labute approximate surface area is 337 Å². The standard InChI is InChI=1S/2C24H16N.C2H7Si.2ClH.Zr/c2*1-2-6-17(7-3-1)21-14-19-11-12-20(15-22(19)16-21)23-10-4-8-18-9-5-13-25-24(18)23;1-3-2;;;/h2*1-16H;3H,1-2H3;2*1H;/q;;;;;+2/p-2. The molecule has 0 saturated carbocycles. The van der Waals surface area contributed by atoms with Gasteiger partial charge in [0.1, 0.15) is 0 Å². The van der Waals surface area contributed by atoms with E-state index in [2.05, 4.69) is 171 Å². The second-order valence-corrected chi connectivity index (χ2v) is 58.1. The molecule has 2 atom stereocenters. The molecule has 2 nitrogen and oxygen atoms in total. The number of rotatable bonds is 7. The molecule has 0 amide bonds. The summed E-state index contributed by atoms with van der Waals surface area (Å²) >= 11 is -5.29. The maximum absolute atomic E-state index is 9.00. The number of nitrogens with zero attached hydrogens (tertiary/aromatic N) is 2. The van der Waals surface area contributed by atoms with Crippen molar-refractivity contribution < 1.29 is 15.6 Å². The molecule has 10 rings (SSSR count). The molecule has 0 spiro atoms. The van der Waals surface area contributed by atoms with Gasteiger partial charge in [-0.15, -0.1) is 0 Å². The molecule has 8 aromatic rings. The van der Waals surface area contributed by atoms with Crippen LogP contribution in [-0.2, 0) is 15.6 Å². The van der Waals surface area contributed by atoms with E-state index in [1.807, 2.05) is 24.5 Å². The van der Waals surface area contributed by atoms with E-state index in [-0.39, 0.29) is 7.25 Å². The molecule has 0 N–H and O–H groups in total. The number of hydrogen-bond acceptors (Lipinski definition) is 2. The summed E-state index contributed by atoms with van der Waals surface area (Å²) in [5.41, 5.74) is 16.2. The third kappa shape index (κ3) is 5.60. The van der Waals surface area contributed by atoms with Gasteiger partial charge >= 0.3 is 340 Å². The van der Waals surface area contributed by atoms with Crippen LogP contribution in [0.15, 0.2) is 170 Å². The molecule has 2 aromatic heterocycles. The van der Waals surface area contributed by atoms with E-state index in [9.17, 15) is 0 Å². The van der Waals surface area contributed by atoms with Crippen LogP contribution in [0, 0.1) is 0 Å². The number of halogens is 2. The Kier molecular flexibility index (Phi) is 8.76. The number of para-hydroxylation sites is 2. The fourth-order valence-electron chi connectivity index (χ4n) is 9.54. The molecule has 0 fully saturated rings. The van der Waals surface area contributed by atoms with Crippen LogP contribution in [0.2, 0.25) is 13.1 Å². The molecule has 0 bridgehead atoms. The van der Waals surface area contributed by atoms with Gasteiger partial charge in [-0.1, -0.05) is 0 Å². The van der Waals surface area contributed by atoms with Gasteiger partial charge in [0.05, 0.1) is 0 Å². The fourth-order valence-corrected chi connectivity index (χ4v) is 39.6. The van der Waals surface area contributed by atoms with E-state index in [1.54, 1.807) is 0 Å². The Morgan fingerprint density at radius 3 is 1.32 bits per heavy atom. The molecule has 0 aliphatic heterocycles. The molecule has 2 unspecified atom stereocenters. The van der Waals surface area contributed by atoms with Crippen LogP contribution in [0.25, 0.3) is 67.4 Å². The summed E-state index contributed by atoms with van der Waals surface area (Å²) in [5.74, 6) is -1.89. The predicted octanol–water partition coefficient (Wildman–Crippen LogP) is 14.0. The van der Waals surface area contributed by atoms with Crippen molar-refractivity contribution >= 4 is 68.1 Å². The summed E-state index contributed by atoms with van der Waals surface area (Å²) in [5, 5.41) is 2.24. The molecule has 2 heterocycles. The minimum absolute atomic E-state index is 0.141. The molecule has 271 valence electrons. The fraction of sp³-hybridized carbons (Fsp3) is 0.0800. The van der Waals surface area contributed by atoms with E-state index < -0.39 is 21.5 Å². The summed E-state index contributed by atoms with van der Waals surface area (Å²) in [7, 11) is 18.0.